The zero-order valence-corrected chi connectivity index (χ0v) is 15.1. The van der Waals surface area contributed by atoms with Crippen molar-refractivity contribution in [2.24, 2.45) is 0 Å². The molecule has 134 valence electrons. The van der Waals surface area contributed by atoms with Gasteiger partial charge in [-0.1, -0.05) is 30.3 Å². The summed E-state index contributed by atoms with van der Waals surface area (Å²) in [7, 11) is 0. The fraction of sp³-hybridized carbons (Fsp3) is 0.238. The van der Waals surface area contributed by atoms with E-state index in [4.69, 9.17) is 4.98 Å². The maximum atomic E-state index is 12.9. The number of aryl methyl sites for hydroxylation is 1. The standard InChI is InChI=1S/C21H19N5O/c1-14-23-24-21-20(25-11-5-6-12-25)22-17-10-9-16(13-18(17)26(14)21)19(27)15-7-3-2-4-8-15/h2-4,7-10,13H,5-6,11-12H2,1H3. The number of ketones is 1. The Morgan fingerprint density at radius 3 is 2.52 bits per heavy atom. The highest BCUT2D eigenvalue weighted by Crippen LogP contribution is 2.28. The van der Waals surface area contributed by atoms with Crippen LogP contribution in [0.2, 0.25) is 0 Å². The van der Waals surface area contributed by atoms with Gasteiger partial charge in [-0.2, -0.15) is 0 Å². The summed E-state index contributed by atoms with van der Waals surface area (Å²) in [6.07, 6.45) is 2.34. The van der Waals surface area contributed by atoms with E-state index in [1.165, 1.54) is 12.8 Å². The number of benzene rings is 2. The Hall–Kier alpha value is -3.28. The van der Waals surface area contributed by atoms with E-state index in [0.717, 1.165) is 41.4 Å². The van der Waals surface area contributed by atoms with Crippen LogP contribution in [-0.4, -0.2) is 38.5 Å². The minimum absolute atomic E-state index is 0.00000278. The molecular weight excluding hydrogens is 338 g/mol. The highest BCUT2D eigenvalue weighted by atomic mass is 16.1. The predicted molar refractivity (Wildman–Crippen MR) is 104 cm³/mol. The van der Waals surface area contributed by atoms with Crippen LogP contribution in [0.25, 0.3) is 16.7 Å². The Kier molecular flexibility index (Phi) is 3.63. The molecule has 1 saturated heterocycles. The van der Waals surface area contributed by atoms with Crippen molar-refractivity contribution >= 4 is 28.3 Å². The van der Waals surface area contributed by atoms with Gasteiger partial charge in [0.1, 0.15) is 5.82 Å². The molecular formula is C21H19N5O. The number of rotatable bonds is 3. The predicted octanol–water partition coefficient (Wildman–Crippen LogP) is 3.42. The van der Waals surface area contributed by atoms with Crippen LogP contribution in [0.1, 0.15) is 34.6 Å². The largest absolute Gasteiger partial charge is 0.353 e. The van der Waals surface area contributed by atoms with E-state index in [-0.39, 0.29) is 5.78 Å². The summed E-state index contributed by atoms with van der Waals surface area (Å²) in [4.78, 5) is 20.0. The lowest BCUT2D eigenvalue weighted by Crippen LogP contribution is -2.20. The van der Waals surface area contributed by atoms with Crippen molar-refractivity contribution in [3.63, 3.8) is 0 Å². The lowest BCUT2D eigenvalue weighted by atomic mass is 10.0. The van der Waals surface area contributed by atoms with E-state index in [2.05, 4.69) is 15.1 Å². The van der Waals surface area contributed by atoms with Gasteiger partial charge in [0.25, 0.3) is 0 Å². The zero-order chi connectivity index (χ0) is 18.4. The molecule has 0 N–H and O–H groups in total. The van der Waals surface area contributed by atoms with Gasteiger partial charge in [0.05, 0.1) is 11.0 Å². The van der Waals surface area contributed by atoms with E-state index in [9.17, 15) is 4.79 Å². The molecule has 6 heteroatoms. The maximum Gasteiger partial charge on any atom is 0.204 e. The fourth-order valence-corrected chi connectivity index (χ4v) is 3.80. The van der Waals surface area contributed by atoms with Crippen LogP contribution in [-0.2, 0) is 0 Å². The van der Waals surface area contributed by atoms with Gasteiger partial charge < -0.3 is 4.90 Å². The quantitative estimate of drug-likeness (QED) is 0.526. The molecule has 4 aromatic rings. The second-order valence-electron chi connectivity index (χ2n) is 6.93. The van der Waals surface area contributed by atoms with Crippen LogP contribution in [0.15, 0.2) is 48.5 Å². The summed E-state index contributed by atoms with van der Waals surface area (Å²) in [6.45, 7) is 3.91. The summed E-state index contributed by atoms with van der Waals surface area (Å²) in [5.74, 6) is 1.67. The first kappa shape index (κ1) is 15.9. The molecule has 6 nitrogen and oxygen atoms in total. The molecule has 1 fully saturated rings. The minimum atomic E-state index is -0.00000278. The van der Waals surface area contributed by atoms with Gasteiger partial charge in [-0.3, -0.25) is 9.20 Å². The van der Waals surface area contributed by atoms with Crippen LogP contribution in [0.5, 0.6) is 0 Å². The smallest absolute Gasteiger partial charge is 0.204 e. The first-order valence-electron chi connectivity index (χ1n) is 9.22. The molecule has 0 radical (unpaired) electrons. The number of nitrogens with zero attached hydrogens (tertiary/aromatic N) is 5. The van der Waals surface area contributed by atoms with E-state index in [1.807, 2.05) is 59.9 Å². The van der Waals surface area contributed by atoms with Crippen molar-refractivity contribution < 1.29 is 4.79 Å². The van der Waals surface area contributed by atoms with Crippen molar-refractivity contribution in [1.29, 1.82) is 0 Å². The molecule has 2 aromatic heterocycles. The summed E-state index contributed by atoms with van der Waals surface area (Å²) in [5, 5.41) is 8.64. The van der Waals surface area contributed by atoms with Crippen LogP contribution in [0, 0.1) is 6.92 Å². The Labute approximate surface area is 156 Å². The third kappa shape index (κ3) is 2.56. The van der Waals surface area contributed by atoms with Crippen molar-refractivity contribution in [1.82, 2.24) is 19.6 Å². The Balaban J connectivity index is 1.71. The SMILES string of the molecule is Cc1nnc2c(N3CCCC3)nc3ccc(C(=O)c4ccccc4)cc3n12. The van der Waals surface area contributed by atoms with Gasteiger partial charge >= 0.3 is 0 Å². The van der Waals surface area contributed by atoms with Gasteiger partial charge in [0.15, 0.2) is 11.6 Å². The van der Waals surface area contributed by atoms with Gasteiger partial charge in [-0.15, -0.1) is 10.2 Å². The van der Waals surface area contributed by atoms with E-state index in [1.54, 1.807) is 0 Å². The second kappa shape index (κ2) is 6.16. The number of carbonyl (C=O) groups excluding carboxylic acids is 1. The molecule has 0 aliphatic carbocycles. The van der Waals surface area contributed by atoms with Gasteiger partial charge in [-0.25, -0.2) is 4.98 Å². The van der Waals surface area contributed by atoms with Crippen LogP contribution < -0.4 is 4.90 Å². The molecule has 0 spiro atoms. The lowest BCUT2D eigenvalue weighted by molar-refractivity contribution is 0.103. The number of hydrogen-bond acceptors (Lipinski definition) is 5. The van der Waals surface area contributed by atoms with Crippen molar-refractivity contribution in [2.75, 3.05) is 18.0 Å². The van der Waals surface area contributed by atoms with E-state index >= 15 is 0 Å². The third-order valence-electron chi connectivity index (χ3n) is 5.17. The van der Waals surface area contributed by atoms with Gasteiger partial charge in [0, 0.05) is 24.2 Å². The van der Waals surface area contributed by atoms with E-state index < -0.39 is 0 Å². The Bertz CT molecular complexity index is 1160. The fourth-order valence-electron chi connectivity index (χ4n) is 3.80. The molecule has 3 heterocycles. The zero-order valence-electron chi connectivity index (χ0n) is 15.1. The Morgan fingerprint density at radius 2 is 1.74 bits per heavy atom. The van der Waals surface area contributed by atoms with Crippen LogP contribution in [0.4, 0.5) is 5.82 Å². The van der Waals surface area contributed by atoms with Crippen molar-refractivity contribution in [3.05, 3.63) is 65.5 Å². The highest BCUT2D eigenvalue weighted by molar-refractivity contribution is 6.10. The van der Waals surface area contributed by atoms with Crippen molar-refractivity contribution in [3.8, 4) is 0 Å². The monoisotopic (exact) mass is 357 g/mol. The van der Waals surface area contributed by atoms with Crippen molar-refractivity contribution in [2.45, 2.75) is 19.8 Å². The van der Waals surface area contributed by atoms with Crippen LogP contribution >= 0.6 is 0 Å². The molecule has 0 saturated carbocycles. The Morgan fingerprint density at radius 1 is 0.963 bits per heavy atom. The van der Waals surface area contributed by atoms with Crippen LogP contribution in [0.3, 0.4) is 0 Å². The number of carbonyl (C=O) groups is 1. The first-order valence-corrected chi connectivity index (χ1v) is 9.22. The highest BCUT2D eigenvalue weighted by Gasteiger charge is 2.21. The lowest BCUT2D eigenvalue weighted by Gasteiger charge is -2.18. The topological polar surface area (TPSA) is 63.4 Å². The molecule has 0 atom stereocenters. The molecule has 1 aliphatic heterocycles. The normalized spacial score (nSPS) is 14.3. The number of anilines is 1. The van der Waals surface area contributed by atoms with Gasteiger partial charge in [-0.05, 0) is 38.0 Å². The number of fused-ring (bicyclic) bond motifs is 3. The maximum absolute atomic E-state index is 12.9. The average molecular weight is 357 g/mol. The minimum Gasteiger partial charge on any atom is -0.353 e. The molecule has 1 aliphatic rings. The first-order chi connectivity index (χ1) is 13.2. The summed E-state index contributed by atoms with van der Waals surface area (Å²) in [5.41, 5.74) is 3.77. The average Bonchev–Trinajstić information content (AvgIpc) is 3.38. The summed E-state index contributed by atoms with van der Waals surface area (Å²) >= 11 is 0. The summed E-state index contributed by atoms with van der Waals surface area (Å²) < 4.78 is 2.01. The number of hydrogen-bond donors (Lipinski definition) is 0. The van der Waals surface area contributed by atoms with Gasteiger partial charge in [0.2, 0.25) is 5.65 Å². The number of aromatic nitrogens is 4. The molecule has 5 rings (SSSR count). The third-order valence-corrected chi connectivity index (χ3v) is 5.17. The molecule has 0 bridgehead atoms. The molecule has 0 amide bonds. The molecule has 0 unspecified atom stereocenters. The summed E-state index contributed by atoms with van der Waals surface area (Å²) in [6, 6.07) is 15.0. The molecule has 27 heavy (non-hydrogen) atoms. The molecule has 2 aromatic carbocycles. The second-order valence-corrected chi connectivity index (χ2v) is 6.93. The van der Waals surface area contributed by atoms with E-state index in [0.29, 0.717) is 11.1 Å².